The summed E-state index contributed by atoms with van der Waals surface area (Å²) in [7, 11) is 0. The van der Waals surface area contributed by atoms with E-state index < -0.39 is 0 Å². The molecule has 0 radical (unpaired) electrons. The van der Waals surface area contributed by atoms with Gasteiger partial charge in [-0.25, -0.2) is 9.37 Å². The molecule has 0 saturated carbocycles. The van der Waals surface area contributed by atoms with Gasteiger partial charge in [0.25, 0.3) is 5.56 Å². The lowest BCUT2D eigenvalue weighted by Gasteiger charge is -2.16. The first-order valence-corrected chi connectivity index (χ1v) is 13.9. The van der Waals surface area contributed by atoms with Crippen LogP contribution in [0.4, 0.5) is 4.39 Å². The van der Waals surface area contributed by atoms with E-state index in [1.807, 2.05) is 32.9 Å². The molecule has 6 nitrogen and oxygen atoms in total. The predicted molar refractivity (Wildman–Crippen MR) is 155 cm³/mol. The molecular formula is C27H23Br3FN3O3. The third kappa shape index (κ3) is 6.13. The maximum atomic E-state index is 13.6. The highest BCUT2D eigenvalue weighted by Crippen LogP contribution is 2.43. The van der Waals surface area contributed by atoms with Gasteiger partial charge < -0.3 is 9.47 Å². The van der Waals surface area contributed by atoms with E-state index >= 15 is 0 Å². The Labute approximate surface area is 238 Å². The molecule has 0 fully saturated rings. The SMILES string of the molecule is CCOc1cc(C=Nn2c(C(C)C)nc3ccc(Br)cc3c2=O)c(Br)c(Br)c1OCc1cccc(F)c1. The van der Waals surface area contributed by atoms with Gasteiger partial charge in [-0.15, -0.1) is 0 Å². The Bertz CT molecular complexity index is 1550. The van der Waals surface area contributed by atoms with E-state index in [0.29, 0.717) is 54.9 Å². The van der Waals surface area contributed by atoms with Crippen molar-refractivity contribution in [1.82, 2.24) is 9.66 Å². The van der Waals surface area contributed by atoms with Crippen molar-refractivity contribution in [3.63, 3.8) is 0 Å². The molecule has 0 bridgehead atoms. The van der Waals surface area contributed by atoms with Gasteiger partial charge in [-0.2, -0.15) is 9.78 Å². The third-order valence-electron chi connectivity index (χ3n) is 5.39. The molecule has 0 atom stereocenters. The highest BCUT2D eigenvalue weighted by atomic mass is 79.9. The highest BCUT2D eigenvalue weighted by Gasteiger charge is 2.18. The molecule has 0 amide bonds. The number of rotatable bonds is 8. The van der Waals surface area contributed by atoms with Crippen LogP contribution in [-0.4, -0.2) is 22.5 Å². The average Bonchev–Trinajstić information content (AvgIpc) is 2.86. The lowest BCUT2D eigenvalue weighted by Crippen LogP contribution is -2.23. The summed E-state index contributed by atoms with van der Waals surface area (Å²) in [6.07, 6.45) is 1.58. The molecule has 192 valence electrons. The van der Waals surface area contributed by atoms with Gasteiger partial charge >= 0.3 is 0 Å². The summed E-state index contributed by atoms with van der Waals surface area (Å²) in [5, 5.41) is 4.99. The molecule has 0 spiro atoms. The average molecular weight is 696 g/mol. The van der Waals surface area contributed by atoms with Crippen LogP contribution in [-0.2, 0) is 6.61 Å². The molecule has 0 N–H and O–H groups in total. The van der Waals surface area contributed by atoms with Gasteiger partial charge in [0, 0.05) is 20.4 Å². The summed E-state index contributed by atoms with van der Waals surface area (Å²) in [5.41, 5.74) is 1.70. The van der Waals surface area contributed by atoms with Gasteiger partial charge in [-0.3, -0.25) is 4.79 Å². The minimum atomic E-state index is -0.329. The minimum Gasteiger partial charge on any atom is -0.490 e. The largest absolute Gasteiger partial charge is 0.490 e. The molecule has 10 heteroatoms. The van der Waals surface area contributed by atoms with Crippen molar-refractivity contribution in [3.05, 3.63) is 95.1 Å². The van der Waals surface area contributed by atoms with Gasteiger partial charge in [0.05, 0.1) is 28.2 Å². The van der Waals surface area contributed by atoms with Crippen LogP contribution in [0.25, 0.3) is 10.9 Å². The Morgan fingerprint density at radius 1 is 1.08 bits per heavy atom. The molecule has 0 aliphatic rings. The Morgan fingerprint density at radius 3 is 2.57 bits per heavy atom. The molecule has 4 rings (SSSR count). The van der Waals surface area contributed by atoms with Gasteiger partial charge in [0.1, 0.15) is 18.2 Å². The summed E-state index contributed by atoms with van der Waals surface area (Å²) >= 11 is 10.6. The number of halogens is 4. The summed E-state index contributed by atoms with van der Waals surface area (Å²) in [5.74, 6) is 1.13. The van der Waals surface area contributed by atoms with Crippen LogP contribution in [0.15, 0.2) is 71.8 Å². The summed E-state index contributed by atoms with van der Waals surface area (Å²) in [4.78, 5) is 18.0. The molecule has 1 aromatic heterocycles. The molecule has 4 aromatic rings. The van der Waals surface area contributed by atoms with Crippen molar-refractivity contribution in [3.8, 4) is 11.5 Å². The van der Waals surface area contributed by atoms with Gasteiger partial charge in [-0.1, -0.05) is 41.9 Å². The van der Waals surface area contributed by atoms with E-state index in [4.69, 9.17) is 9.47 Å². The molecule has 0 aliphatic heterocycles. The van der Waals surface area contributed by atoms with E-state index in [1.165, 1.54) is 16.8 Å². The molecule has 37 heavy (non-hydrogen) atoms. The van der Waals surface area contributed by atoms with Gasteiger partial charge in [-0.05, 0) is 80.7 Å². The first-order chi connectivity index (χ1) is 17.7. The van der Waals surface area contributed by atoms with Crippen molar-refractivity contribution >= 4 is 64.9 Å². The predicted octanol–water partition coefficient (Wildman–Crippen LogP) is 7.81. The highest BCUT2D eigenvalue weighted by molar-refractivity contribution is 9.13. The quantitative estimate of drug-likeness (QED) is 0.177. The third-order valence-corrected chi connectivity index (χ3v) is 8.03. The van der Waals surface area contributed by atoms with Crippen LogP contribution in [0.1, 0.15) is 43.6 Å². The Morgan fingerprint density at radius 2 is 1.86 bits per heavy atom. The Hall–Kier alpha value is -2.56. The monoisotopic (exact) mass is 693 g/mol. The molecular weight excluding hydrogens is 673 g/mol. The van der Waals surface area contributed by atoms with Gasteiger partial charge in [0.2, 0.25) is 0 Å². The zero-order chi connectivity index (χ0) is 26.7. The topological polar surface area (TPSA) is 65.7 Å². The van der Waals surface area contributed by atoms with Gasteiger partial charge in [0.15, 0.2) is 11.5 Å². The molecule has 0 saturated heterocycles. The van der Waals surface area contributed by atoms with Crippen molar-refractivity contribution < 1.29 is 13.9 Å². The van der Waals surface area contributed by atoms with Crippen molar-refractivity contribution in [2.45, 2.75) is 33.3 Å². The second-order valence-electron chi connectivity index (χ2n) is 8.42. The fraction of sp³-hybridized carbons (Fsp3) is 0.222. The maximum Gasteiger partial charge on any atom is 0.282 e. The standard InChI is InChI=1S/C27H23Br3FN3O3/c1-4-36-22-11-17(23(29)24(30)25(22)37-14-16-6-5-7-19(31)10-16)13-32-34-26(15(2)3)33-21-9-8-18(28)12-20(21)27(34)35/h5-13,15H,4,14H2,1-3H3. The molecule has 1 heterocycles. The number of benzene rings is 3. The number of ether oxygens (including phenoxy) is 2. The second kappa shape index (κ2) is 11.9. The lowest BCUT2D eigenvalue weighted by molar-refractivity contribution is 0.267. The summed E-state index contributed by atoms with van der Waals surface area (Å²) < 4.78 is 28.8. The minimum absolute atomic E-state index is 0.0364. The molecule has 0 aliphatic carbocycles. The van der Waals surface area contributed by atoms with Crippen LogP contribution in [0.2, 0.25) is 0 Å². The smallest absolute Gasteiger partial charge is 0.282 e. The Balaban J connectivity index is 1.75. The van der Waals surface area contributed by atoms with E-state index in [0.717, 1.165) is 4.47 Å². The van der Waals surface area contributed by atoms with E-state index in [2.05, 4.69) is 57.9 Å². The van der Waals surface area contributed by atoms with Crippen molar-refractivity contribution in [1.29, 1.82) is 0 Å². The van der Waals surface area contributed by atoms with Crippen molar-refractivity contribution in [2.24, 2.45) is 5.10 Å². The normalized spacial score (nSPS) is 11.6. The van der Waals surface area contributed by atoms with Crippen LogP contribution in [0.5, 0.6) is 11.5 Å². The summed E-state index contributed by atoms with van der Waals surface area (Å²) in [6, 6.07) is 13.4. The number of hydrogen-bond donors (Lipinski definition) is 0. The molecule has 3 aromatic carbocycles. The number of hydrogen-bond acceptors (Lipinski definition) is 5. The summed E-state index contributed by atoms with van der Waals surface area (Å²) in [6.45, 7) is 6.35. The number of nitrogens with zero attached hydrogens (tertiary/aromatic N) is 3. The maximum absolute atomic E-state index is 13.6. The van der Waals surface area contributed by atoms with Crippen LogP contribution in [0.3, 0.4) is 0 Å². The van der Waals surface area contributed by atoms with E-state index in [-0.39, 0.29) is 23.9 Å². The Kier molecular flexibility index (Phi) is 8.82. The van der Waals surface area contributed by atoms with Crippen molar-refractivity contribution in [2.75, 3.05) is 6.61 Å². The van der Waals surface area contributed by atoms with E-state index in [1.54, 1.807) is 30.5 Å². The fourth-order valence-electron chi connectivity index (χ4n) is 3.65. The van der Waals surface area contributed by atoms with E-state index in [9.17, 15) is 9.18 Å². The lowest BCUT2D eigenvalue weighted by atomic mass is 10.2. The zero-order valence-corrected chi connectivity index (χ0v) is 25.0. The number of aromatic nitrogens is 2. The van der Waals surface area contributed by atoms with Crippen LogP contribution >= 0.6 is 47.8 Å². The second-order valence-corrected chi connectivity index (χ2v) is 10.9. The van der Waals surface area contributed by atoms with Crippen LogP contribution < -0.4 is 15.0 Å². The first-order valence-electron chi connectivity index (χ1n) is 11.5. The molecule has 0 unspecified atom stereocenters. The fourth-order valence-corrected chi connectivity index (χ4v) is 4.95. The first kappa shape index (κ1) is 27.5. The number of fused-ring (bicyclic) bond motifs is 1. The van der Waals surface area contributed by atoms with Crippen LogP contribution in [0, 0.1) is 5.82 Å². The zero-order valence-electron chi connectivity index (χ0n) is 20.3.